The van der Waals surface area contributed by atoms with Crippen molar-refractivity contribution in [3.8, 4) is 11.1 Å². The number of rotatable bonds is 7. The lowest BCUT2D eigenvalue weighted by atomic mass is 9.77. The van der Waals surface area contributed by atoms with Crippen LogP contribution in [0.15, 0.2) is 36.4 Å². The molecule has 0 aromatic heterocycles. The van der Waals surface area contributed by atoms with Gasteiger partial charge in [-0.1, -0.05) is 37.1 Å². The number of unbranched alkanes of at least 4 members (excludes halogenated alkanes) is 1. The molecule has 0 aliphatic heterocycles. The van der Waals surface area contributed by atoms with E-state index in [1.165, 1.54) is 12.1 Å². The molecule has 2 aromatic rings. The Morgan fingerprint density at radius 1 is 0.781 bits per heavy atom. The molecular formula is C24H24F8. The van der Waals surface area contributed by atoms with Gasteiger partial charge in [0.15, 0.2) is 0 Å². The van der Waals surface area contributed by atoms with E-state index in [-0.39, 0.29) is 18.2 Å². The lowest BCUT2D eigenvalue weighted by Gasteiger charge is -2.29. The van der Waals surface area contributed by atoms with Gasteiger partial charge < -0.3 is 0 Å². The minimum atomic E-state index is -5.76. The van der Waals surface area contributed by atoms with Gasteiger partial charge in [0, 0.05) is 5.56 Å². The molecular weight excluding hydrogens is 440 g/mol. The number of hydrogen-bond acceptors (Lipinski definition) is 0. The van der Waals surface area contributed by atoms with Crippen LogP contribution in [0.5, 0.6) is 0 Å². The van der Waals surface area contributed by atoms with E-state index in [1.54, 1.807) is 0 Å². The molecule has 3 rings (SSSR count). The van der Waals surface area contributed by atoms with Crippen molar-refractivity contribution >= 4 is 0 Å². The predicted octanol–water partition coefficient (Wildman–Crippen LogP) is 8.70. The van der Waals surface area contributed by atoms with Gasteiger partial charge in [0.25, 0.3) is 0 Å². The summed E-state index contributed by atoms with van der Waals surface area (Å²) in [5, 5.41) is 0. The molecule has 8 heteroatoms. The Kier molecular flexibility index (Phi) is 7.50. The molecule has 0 amide bonds. The largest absolute Gasteiger partial charge is 0.458 e. The fourth-order valence-electron chi connectivity index (χ4n) is 4.43. The maximum Gasteiger partial charge on any atom is 0.458 e. The quantitative estimate of drug-likeness (QED) is 0.284. The first-order chi connectivity index (χ1) is 15.0. The Hall–Kier alpha value is -2.12. The second-order valence-corrected chi connectivity index (χ2v) is 8.41. The first-order valence-corrected chi connectivity index (χ1v) is 10.6. The van der Waals surface area contributed by atoms with Crippen LogP contribution in [0.25, 0.3) is 11.1 Å². The van der Waals surface area contributed by atoms with Gasteiger partial charge in [0.2, 0.25) is 0 Å². The van der Waals surface area contributed by atoms with E-state index >= 15 is 0 Å². The van der Waals surface area contributed by atoms with Gasteiger partial charge in [-0.2, -0.15) is 22.0 Å². The fourth-order valence-corrected chi connectivity index (χ4v) is 4.43. The van der Waals surface area contributed by atoms with Gasteiger partial charge in [-0.15, -0.1) is 0 Å². The summed E-state index contributed by atoms with van der Waals surface area (Å²) >= 11 is 0. The molecule has 32 heavy (non-hydrogen) atoms. The average molecular weight is 464 g/mol. The van der Waals surface area contributed by atoms with Crippen LogP contribution in [0, 0.1) is 17.6 Å². The topological polar surface area (TPSA) is 0 Å². The van der Waals surface area contributed by atoms with E-state index < -0.39 is 34.9 Å². The van der Waals surface area contributed by atoms with E-state index in [0.717, 1.165) is 50.7 Å². The van der Waals surface area contributed by atoms with Gasteiger partial charge in [0.05, 0.1) is 12.2 Å². The number of alkyl halides is 6. The molecule has 0 bridgehead atoms. The van der Waals surface area contributed by atoms with Crippen molar-refractivity contribution in [3.05, 3.63) is 59.2 Å². The van der Waals surface area contributed by atoms with Crippen molar-refractivity contribution in [1.82, 2.24) is 0 Å². The lowest BCUT2D eigenvalue weighted by Crippen LogP contribution is -2.33. The fraction of sp³-hybridized carbons (Fsp3) is 0.500. The molecule has 1 aliphatic carbocycles. The summed E-state index contributed by atoms with van der Waals surface area (Å²) in [5.74, 6) is -6.36. The van der Waals surface area contributed by atoms with Gasteiger partial charge in [0.1, 0.15) is 11.6 Å². The van der Waals surface area contributed by atoms with E-state index in [4.69, 9.17) is 0 Å². The van der Waals surface area contributed by atoms with Crippen LogP contribution in [0.4, 0.5) is 35.1 Å². The van der Waals surface area contributed by atoms with Gasteiger partial charge in [-0.25, -0.2) is 8.78 Å². The Morgan fingerprint density at radius 2 is 1.34 bits per heavy atom. The highest BCUT2D eigenvalue weighted by atomic mass is 19.4. The minimum absolute atomic E-state index is 0.0154. The Labute approximate surface area is 181 Å². The molecule has 0 nitrogen and oxygen atoms in total. The van der Waals surface area contributed by atoms with Crippen LogP contribution in [-0.4, -0.2) is 12.9 Å². The van der Waals surface area contributed by atoms with Crippen molar-refractivity contribution in [2.24, 2.45) is 5.92 Å². The standard InChI is InChI=1S/C24H24F8/c25-12-2-1-3-15-4-6-16(7-5-15)18-13-20(26)22(21(27)14-18)17-8-10-19(11-9-17)23(28,29)24(30,31)32/h8-11,13-16H,1-7,12H2. The zero-order valence-corrected chi connectivity index (χ0v) is 17.3. The number of halogens is 8. The van der Waals surface area contributed by atoms with Crippen molar-refractivity contribution in [3.63, 3.8) is 0 Å². The summed E-state index contributed by atoms with van der Waals surface area (Å²) in [7, 11) is 0. The zero-order chi connectivity index (χ0) is 23.5. The van der Waals surface area contributed by atoms with E-state index in [2.05, 4.69) is 0 Å². The molecule has 0 atom stereocenters. The highest BCUT2D eigenvalue weighted by molar-refractivity contribution is 5.66. The van der Waals surface area contributed by atoms with Gasteiger partial charge in [-0.3, -0.25) is 4.39 Å². The molecule has 0 N–H and O–H groups in total. The Bertz CT molecular complexity index is 870. The number of benzene rings is 2. The third-order valence-electron chi connectivity index (χ3n) is 6.27. The van der Waals surface area contributed by atoms with Crippen molar-refractivity contribution in [2.75, 3.05) is 6.67 Å². The summed E-state index contributed by atoms with van der Waals surface area (Å²) in [5.41, 5.74) is -1.37. The first kappa shape index (κ1) is 24.5. The monoisotopic (exact) mass is 464 g/mol. The number of hydrogen-bond donors (Lipinski definition) is 0. The molecule has 0 unspecified atom stereocenters. The summed E-state index contributed by atoms with van der Waals surface area (Å²) in [6.07, 6.45) is -0.113. The first-order valence-electron chi connectivity index (χ1n) is 10.6. The van der Waals surface area contributed by atoms with Crippen LogP contribution in [-0.2, 0) is 5.92 Å². The maximum absolute atomic E-state index is 14.8. The van der Waals surface area contributed by atoms with E-state index in [9.17, 15) is 35.1 Å². The smallest absolute Gasteiger partial charge is 0.251 e. The Morgan fingerprint density at radius 3 is 1.84 bits per heavy atom. The Balaban J connectivity index is 1.74. The zero-order valence-electron chi connectivity index (χ0n) is 17.3. The van der Waals surface area contributed by atoms with Crippen LogP contribution < -0.4 is 0 Å². The third kappa shape index (κ3) is 5.26. The van der Waals surface area contributed by atoms with Crippen LogP contribution >= 0.6 is 0 Å². The van der Waals surface area contributed by atoms with Crippen molar-refractivity contribution < 1.29 is 35.1 Å². The molecule has 1 fully saturated rings. The van der Waals surface area contributed by atoms with Gasteiger partial charge >= 0.3 is 12.1 Å². The highest BCUT2D eigenvalue weighted by Crippen LogP contribution is 2.44. The molecule has 0 spiro atoms. The molecule has 0 radical (unpaired) electrons. The summed E-state index contributed by atoms with van der Waals surface area (Å²) in [6, 6.07) is 5.20. The molecule has 176 valence electrons. The highest BCUT2D eigenvalue weighted by Gasteiger charge is 2.58. The van der Waals surface area contributed by atoms with Gasteiger partial charge in [-0.05, 0) is 67.2 Å². The molecule has 0 saturated heterocycles. The summed E-state index contributed by atoms with van der Waals surface area (Å²) < 4.78 is 106. The van der Waals surface area contributed by atoms with Crippen LogP contribution in [0.2, 0.25) is 0 Å². The van der Waals surface area contributed by atoms with Crippen molar-refractivity contribution in [2.45, 2.75) is 63.0 Å². The molecule has 1 aliphatic rings. The minimum Gasteiger partial charge on any atom is -0.251 e. The summed E-state index contributed by atoms with van der Waals surface area (Å²) in [6.45, 7) is -0.326. The molecule has 1 saturated carbocycles. The third-order valence-corrected chi connectivity index (χ3v) is 6.27. The molecule has 2 aromatic carbocycles. The SMILES string of the molecule is FCCCCC1CCC(c2cc(F)c(-c3ccc(C(F)(F)C(F)(F)F)cc3)c(F)c2)CC1. The van der Waals surface area contributed by atoms with Crippen LogP contribution in [0.3, 0.4) is 0 Å². The average Bonchev–Trinajstić information content (AvgIpc) is 2.73. The summed E-state index contributed by atoms with van der Waals surface area (Å²) in [4.78, 5) is 0. The van der Waals surface area contributed by atoms with Crippen LogP contribution in [0.1, 0.15) is 62.0 Å². The second kappa shape index (κ2) is 9.79. The van der Waals surface area contributed by atoms with E-state index in [0.29, 0.717) is 30.0 Å². The molecule has 0 heterocycles. The maximum atomic E-state index is 14.8. The normalized spacial score (nSPS) is 19.9. The lowest BCUT2D eigenvalue weighted by molar-refractivity contribution is -0.289. The predicted molar refractivity (Wildman–Crippen MR) is 106 cm³/mol. The second-order valence-electron chi connectivity index (χ2n) is 8.41. The van der Waals surface area contributed by atoms with Crippen molar-refractivity contribution in [1.29, 1.82) is 0 Å². The van der Waals surface area contributed by atoms with E-state index in [1.807, 2.05) is 0 Å².